The van der Waals surface area contributed by atoms with Crippen LogP contribution in [0.25, 0.3) is 11.2 Å². The van der Waals surface area contributed by atoms with Gasteiger partial charge in [-0.3, -0.25) is 14.3 Å². The number of nitrogen functional groups attached to an aromatic ring is 1. The van der Waals surface area contributed by atoms with Crippen LogP contribution >= 0.6 is 23.5 Å². The molecule has 2 heterocycles. The highest BCUT2D eigenvalue weighted by Gasteiger charge is 2.50. The second kappa shape index (κ2) is 8.48. The molecule has 2 aromatic heterocycles. The fourth-order valence-electron chi connectivity index (χ4n) is 3.37. The van der Waals surface area contributed by atoms with Crippen molar-refractivity contribution < 1.29 is 51.5 Å². The van der Waals surface area contributed by atoms with Crippen LogP contribution in [0.15, 0.2) is 23.3 Å². The number of rotatable bonds is 8. The van der Waals surface area contributed by atoms with E-state index in [1.165, 1.54) is 17.8 Å². The van der Waals surface area contributed by atoms with E-state index in [0.29, 0.717) is 0 Å². The largest absolute Gasteiger partial charge is 0.490 e. The van der Waals surface area contributed by atoms with Crippen LogP contribution in [0.1, 0.15) is 19.4 Å². The maximum atomic E-state index is 12.0. The fraction of sp³-hybridized carbons (Fsp3) is 0.462. The zero-order valence-electron chi connectivity index (χ0n) is 16.7. The lowest BCUT2D eigenvalue weighted by molar-refractivity contribution is 0.0369. The number of aromatic nitrogens is 4. The third kappa shape index (κ3) is 5.50. The summed E-state index contributed by atoms with van der Waals surface area (Å²) in [6.07, 6.45) is 0.0526. The van der Waals surface area contributed by atoms with Crippen molar-refractivity contribution in [2.24, 2.45) is 5.41 Å². The molecule has 8 N–H and O–H groups in total. The molecule has 0 radical (unpaired) electrons. The highest BCUT2D eigenvalue weighted by Crippen LogP contribution is 2.66. The number of aromatic amines is 1. The number of phosphoric ester groups is 1. The molecule has 0 bridgehead atoms. The molecule has 3 rings (SSSR count). The van der Waals surface area contributed by atoms with Gasteiger partial charge >= 0.3 is 23.5 Å². The first kappa shape index (κ1) is 25.9. The Morgan fingerprint density at radius 1 is 1.27 bits per heavy atom. The van der Waals surface area contributed by atoms with Gasteiger partial charge in [-0.05, 0) is 12.0 Å². The van der Waals surface area contributed by atoms with Gasteiger partial charge in [-0.25, -0.2) is 18.7 Å². The Bertz CT molecular complexity index is 1300. The Kier molecular flexibility index (Phi) is 6.65. The van der Waals surface area contributed by atoms with Gasteiger partial charge in [0.25, 0.3) is 5.56 Å². The van der Waals surface area contributed by atoms with E-state index in [-0.39, 0.29) is 29.1 Å². The lowest BCUT2D eigenvalue weighted by atomic mass is 9.84. The van der Waals surface area contributed by atoms with Crippen molar-refractivity contribution in [1.29, 1.82) is 0 Å². The van der Waals surface area contributed by atoms with Gasteiger partial charge in [0.05, 0.1) is 25.1 Å². The molecular formula is C13H20N5O12P3. The molecule has 184 valence electrons. The quantitative estimate of drug-likeness (QED) is 0.173. The van der Waals surface area contributed by atoms with Crippen LogP contribution < -0.4 is 11.3 Å². The molecule has 0 spiro atoms. The summed E-state index contributed by atoms with van der Waals surface area (Å²) in [5.74, 6) is -0.172. The molecule has 5 atom stereocenters. The number of aliphatic hydroxyl groups excluding tert-OH is 1. The molecule has 20 heteroatoms. The third-order valence-corrected chi connectivity index (χ3v) is 8.83. The van der Waals surface area contributed by atoms with Crippen LogP contribution in [0, 0.1) is 5.41 Å². The first-order valence-electron chi connectivity index (χ1n) is 8.82. The van der Waals surface area contributed by atoms with E-state index >= 15 is 0 Å². The highest BCUT2D eigenvalue weighted by atomic mass is 31.3. The van der Waals surface area contributed by atoms with E-state index in [0.717, 1.165) is 0 Å². The number of nitrogens with one attached hydrogen (secondary N) is 1. The van der Waals surface area contributed by atoms with Gasteiger partial charge in [-0.2, -0.15) is 13.6 Å². The molecular weight excluding hydrogens is 511 g/mol. The Labute approximate surface area is 184 Å². The first-order chi connectivity index (χ1) is 14.9. The Morgan fingerprint density at radius 2 is 1.91 bits per heavy atom. The summed E-state index contributed by atoms with van der Waals surface area (Å²) < 4.78 is 47.7. The van der Waals surface area contributed by atoms with Crippen molar-refractivity contribution in [1.82, 2.24) is 19.5 Å². The molecule has 0 aromatic carbocycles. The summed E-state index contributed by atoms with van der Waals surface area (Å²) in [5.41, 5.74) is 3.91. The van der Waals surface area contributed by atoms with Gasteiger partial charge < -0.3 is 35.0 Å². The number of hydrogen-bond donors (Lipinski definition) is 7. The van der Waals surface area contributed by atoms with Crippen molar-refractivity contribution in [3.8, 4) is 0 Å². The smallest absolute Gasteiger partial charge is 0.392 e. The maximum absolute atomic E-state index is 12.0. The van der Waals surface area contributed by atoms with E-state index in [9.17, 15) is 33.4 Å². The summed E-state index contributed by atoms with van der Waals surface area (Å²) in [6.45, 7) is 4.54. The number of H-pyrrole nitrogens is 1. The number of nitrogens with two attached hydrogens (primary N) is 1. The Hall–Kier alpha value is -1.74. The average Bonchev–Trinajstić information content (AvgIpc) is 3.12. The van der Waals surface area contributed by atoms with Crippen molar-refractivity contribution in [2.45, 2.75) is 25.5 Å². The second-order valence-electron chi connectivity index (χ2n) is 7.35. The lowest BCUT2D eigenvalue weighted by Crippen LogP contribution is -2.32. The number of fused-ring (bicyclic) bond motifs is 1. The fourth-order valence-corrected chi connectivity index (χ4v) is 6.49. The normalized spacial score (nSPS) is 27.5. The van der Waals surface area contributed by atoms with Gasteiger partial charge in [0.15, 0.2) is 11.2 Å². The summed E-state index contributed by atoms with van der Waals surface area (Å²) >= 11 is 0. The minimum absolute atomic E-state index is 0.00502. The number of anilines is 1. The van der Waals surface area contributed by atoms with Crippen LogP contribution in [0.3, 0.4) is 0 Å². The van der Waals surface area contributed by atoms with Crippen molar-refractivity contribution in [3.63, 3.8) is 0 Å². The first-order valence-corrected chi connectivity index (χ1v) is 13.3. The summed E-state index contributed by atoms with van der Waals surface area (Å²) in [7, 11) is -16.6. The topological polar surface area (TPSA) is 270 Å². The number of imidazole rings is 1. The van der Waals surface area contributed by atoms with Crippen molar-refractivity contribution >= 4 is 40.6 Å². The van der Waals surface area contributed by atoms with Crippen LogP contribution in [-0.4, -0.2) is 56.9 Å². The third-order valence-electron chi connectivity index (χ3n) is 5.05. The van der Waals surface area contributed by atoms with Gasteiger partial charge in [-0.1, -0.05) is 13.5 Å². The predicted molar refractivity (Wildman–Crippen MR) is 109 cm³/mol. The van der Waals surface area contributed by atoms with Gasteiger partial charge in [0.2, 0.25) is 5.95 Å². The van der Waals surface area contributed by atoms with Crippen LogP contribution in [0.4, 0.5) is 5.95 Å². The number of phosphoric acid groups is 3. The molecule has 2 unspecified atom stereocenters. The maximum Gasteiger partial charge on any atom is 0.490 e. The lowest BCUT2D eigenvalue weighted by Gasteiger charge is -2.30. The van der Waals surface area contributed by atoms with E-state index in [2.05, 4.69) is 34.7 Å². The predicted octanol–water partition coefficient (Wildman–Crippen LogP) is -0.0867. The number of hydrogen-bond acceptors (Lipinski definition) is 11. The van der Waals surface area contributed by atoms with Gasteiger partial charge in [0.1, 0.15) is 0 Å². The molecule has 2 aromatic rings. The molecule has 0 saturated heterocycles. The summed E-state index contributed by atoms with van der Waals surface area (Å²) in [5, 5.41) is 10.6. The SMILES string of the molecule is C=C1[C@@H](n2cnc3c(=O)[nH]c(N)nc32)C[C@H](O)[C@@]1(C)COP(=O)(O)OP(=O)(O)OP(=O)(O)O. The average molecular weight is 531 g/mol. The number of aliphatic hydroxyl groups is 1. The van der Waals surface area contributed by atoms with Crippen molar-refractivity contribution in [3.05, 3.63) is 28.8 Å². The molecule has 1 saturated carbocycles. The molecule has 1 fully saturated rings. The standard InChI is InChI=1S/C13H20N5O12P3/c1-6-7(18-5-15-9-10(18)16-12(14)17-11(9)20)3-8(19)13(6,2)4-28-32(24,25)30-33(26,27)29-31(21,22)23/h5,7-8,19H,1,3-4H2,2H3,(H,24,25)(H,26,27)(H2,21,22,23)(H3,14,16,17,20)/t7-,8-,13-/m0/s1. The van der Waals surface area contributed by atoms with Crippen LogP contribution in [0.2, 0.25) is 0 Å². The molecule has 1 aliphatic carbocycles. The summed E-state index contributed by atoms with van der Waals surface area (Å²) in [6, 6.07) is -0.701. The van der Waals surface area contributed by atoms with E-state index in [1.54, 1.807) is 0 Å². The highest BCUT2D eigenvalue weighted by molar-refractivity contribution is 7.66. The van der Waals surface area contributed by atoms with E-state index in [4.69, 9.17) is 15.5 Å². The minimum atomic E-state index is -5.69. The molecule has 33 heavy (non-hydrogen) atoms. The Balaban J connectivity index is 1.81. The molecule has 0 aliphatic heterocycles. The van der Waals surface area contributed by atoms with Gasteiger partial charge in [0, 0.05) is 5.41 Å². The monoisotopic (exact) mass is 531 g/mol. The van der Waals surface area contributed by atoms with Gasteiger partial charge in [-0.15, -0.1) is 0 Å². The van der Waals surface area contributed by atoms with E-state index in [1.807, 2.05) is 0 Å². The molecule has 17 nitrogen and oxygen atoms in total. The Morgan fingerprint density at radius 3 is 2.52 bits per heavy atom. The summed E-state index contributed by atoms with van der Waals surface area (Å²) in [4.78, 5) is 58.4. The van der Waals surface area contributed by atoms with Crippen LogP contribution in [-0.2, 0) is 26.8 Å². The second-order valence-corrected chi connectivity index (χ2v) is 11.8. The number of nitrogens with zero attached hydrogens (tertiary/aromatic N) is 3. The molecule has 1 aliphatic rings. The zero-order chi connectivity index (χ0) is 25.0. The minimum Gasteiger partial charge on any atom is -0.392 e. The zero-order valence-corrected chi connectivity index (χ0v) is 19.4. The van der Waals surface area contributed by atoms with E-state index < -0.39 is 53.2 Å². The van der Waals surface area contributed by atoms with Crippen molar-refractivity contribution in [2.75, 3.05) is 12.3 Å². The van der Waals surface area contributed by atoms with Crippen LogP contribution in [0.5, 0.6) is 0 Å². The molecule has 0 amide bonds.